The molecule has 0 fully saturated rings. The highest BCUT2D eigenvalue weighted by Crippen LogP contribution is 2.37. The minimum Gasteiger partial charge on any atom is -0.496 e. The summed E-state index contributed by atoms with van der Waals surface area (Å²) >= 11 is 3.11. The molecule has 0 aliphatic carbocycles. The van der Waals surface area contributed by atoms with Crippen LogP contribution in [0.3, 0.4) is 0 Å². The molecule has 0 unspecified atom stereocenters. The van der Waals surface area contributed by atoms with Crippen molar-refractivity contribution in [3.8, 4) is 24.0 Å². The molecule has 21 heavy (non-hydrogen) atoms. The lowest BCUT2D eigenvalue weighted by atomic mass is 10.2. The second-order valence-corrected chi connectivity index (χ2v) is 4.33. The van der Waals surface area contributed by atoms with Gasteiger partial charge >= 0.3 is 0 Å². The Kier molecular flexibility index (Phi) is 5.24. The van der Waals surface area contributed by atoms with Crippen LogP contribution in [-0.2, 0) is 0 Å². The summed E-state index contributed by atoms with van der Waals surface area (Å²) in [7, 11) is 1.35. The number of nitrogens with one attached hydrogen (secondary N) is 1. The summed E-state index contributed by atoms with van der Waals surface area (Å²) < 4.78 is 5.16. The Morgan fingerprint density at radius 1 is 1.33 bits per heavy atom. The molecule has 0 saturated carbocycles. The number of methoxy groups -OCH3 is 1. The van der Waals surface area contributed by atoms with Gasteiger partial charge < -0.3 is 10.1 Å². The summed E-state index contributed by atoms with van der Waals surface area (Å²) in [5.74, 6) is 0.238. The second-order valence-electron chi connectivity index (χ2n) is 3.47. The first kappa shape index (κ1) is 16.0. The molecule has 0 aliphatic heterocycles. The van der Waals surface area contributed by atoms with Gasteiger partial charge in [-0.25, -0.2) is 0 Å². The fourth-order valence-corrected chi connectivity index (χ4v) is 1.89. The van der Waals surface area contributed by atoms with Crippen molar-refractivity contribution in [3.05, 3.63) is 38.0 Å². The molecule has 0 amide bonds. The van der Waals surface area contributed by atoms with E-state index in [9.17, 15) is 10.1 Å². The maximum atomic E-state index is 11.1. The van der Waals surface area contributed by atoms with E-state index in [-0.39, 0.29) is 27.3 Å². The number of nitro benzene ring substituents is 1. The molecular formula is C12H6BrN5O3. The lowest BCUT2D eigenvalue weighted by molar-refractivity contribution is -0.384. The Morgan fingerprint density at radius 2 is 1.95 bits per heavy atom. The quantitative estimate of drug-likeness (QED) is 0.502. The van der Waals surface area contributed by atoms with E-state index in [0.29, 0.717) is 0 Å². The van der Waals surface area contributed by atoms with E-state index < -0.39 is 10.5 Å². The molecule has 8 nitrogen and oxygen atoms in total. The number of hydrogen-bond acceptors (Lipinski definition) is 7. The second kappa shape index (κ2) is 6.90. The average Bonchev–Trinajstić information content (AvgIpc) is 2.47. The maximum absolute atomic E-state index is 11.1. The fourth-order valence-electron chi connectivity index (χ4n) is 1.36. The zero-order valence-electron chi connectivity index (χ0n) is 10.5. The Balaban J connectivity index is 3.49. The summed E-state index contributed by atoms with van der Waals surface area (Å²) in [5.41, 5.74) is -1.28. The summed E-state index contributed by atoms with van der Waals surface area (Å²) in [6.07, 6.45) is 0. The van der Waals surface area contributed by atoms with E-state index in [4.69, 9.17) is 20.5 Å². The van der Waals surface area contributed by atoms with E-state index in [0.717, 1.165) is 6.07 Å². The number of anilines is 1. The summed E-state index contributed by atoms with van der Waals surface area (Å²) in [4.78, 5) is 10.4. The number of ether oxygens (including phenoxy) is 1. The largest absolute Gasteiger partial charge is 0.496 e. The Morgan fingerprint density at radius 3 is 2.38 bits per heavy atom. The van der Waals surface area contributed by atoms with E-state index in [1.165, 1.54) is 25.3 Å². The van der Waals surface area contributed by atoms with Gasteiger partial charge in [0.2, 0.25) is 0 Å². The van der Waals surface area contributed by atoms with Crippen LogP contribution in [0.1, 0.15) is 0 Å². The number of rotatable bonds is 4. The van der Waals surface area contributed by atoms with Crippen LogP contribution >= 0.6 is 15.9 Å². The van der Waals surface area contributed by atoms with Gasteiger partial charge in [-0.3, -0.25) is 10.1 Å². The van der Waals surface area contributed by atoms with Crippen molar-refractivity contribution in [3.63, 3.8) is 0 Å². The van der Waals surface area contributed by atoms with Gasteiger partial charge in [-0.1, -0.05) is 0 Å². The smallest absolute Gasteiger partial charge is 0.297 e. The molecule has 1 rings (SSSR count). The standard InChI is InChI=1S/C12H6BrN5O3/c1-21-8-2-9(13)12(11(3-8)18(19)20)17-10(6-16)7(4-14)5-15/h2-3,17H,1H3. The molecule has 1 N–H and O–H groups in total. The van der Waals surface area contributed by atoms with Crippen LogP contribution in [0.2, 0.25) is 0 Å². The molecule has 1 aromatic carbocycles. The number of hydrogen-bond donors (Lipinski definition) is 1. The monoisotopic (exact) mass is 347 g/mol. The van der Waals surface area contributed by atoms with Crippen LogP contribution in [0, 0.1) is 44.1 Å². The van der Waals surface area contributed by atoms with Gasteiger partial charge in [0.05, 0.1) is 22.6 Å². The van der Waals surface area contributed by atoms with Crippen LogP contribution in [0.4, 0.5) is 11.4 Å². The minimum atomic E-state index is -0.678. The summed E-state index contributed by atoms with van der Waals surface area (Å²) in [6.45, 7) is 0. The van der Waals surface area contributed by atoms with Gasteiger partial charge in [-0.05, 0) is 22.0 Å². The molecule has 0 bridgehead atoms. The fraction of sp³-hybridized carbons (Fsp3) is 0.0833. The predicted octanol–water partition coefficient (Wildman–Crippen LogP) is 2.60. The third-order valence-corrected chi connectivity index (χ3v) is 2.94. The van der Waals surface area contributed by atoms with Gasteiger partial charge in [0, 0.05) is 0 Å². The number of allylic oxidation sites excluding steroid dienone is 2. The Labute approximate surface area is 127 Å². The van der Waals surface area contributed by atoms with Gasteiger partial charge in [-0.2, -0.15) is 15.8 Å². The van der Waals surface area contributed by atoms with Gasteiger partial charge in [0.1, 0.15) is 35.3 Å². The number of nitrogens with zero attached hydrogens (tertiary/aromatic N) is 4. The zero-order valence-corrected chi connectivity index (χ0v) is 12.1. The van der Waals surface area contributed by atoms with Crippen molar-refractivity contribution in [1.29, 1.82) is 15.8 Å². The first-order valence-electron chi connectivity index (χ1n) is 5.22. The van der Waals surface area contributed by atoms with Crippen LogP contribution < -0.4 is 10.1 Å². The molecular weight excluding hydrogens is 342 g/mol. The third kappa shape index (κ3) is 3.47. The molecule has 104 valence electrons. The molecule has 0 heterocycles. The molecule has 0 atom stereocenters. The Bertz CT molecular complexity index is 736. The molecule has 0 aromatic heterocycles. The highest BCUT2D eigenvalue weighted by atomic mass is 79.9. The lowest BCUT2D eigenvalue weighted by Crippen LogP contribution is -2.05. The van der Waals surface area contributed by atoms with E-state index in [1.807, 2.05) is 0 Å². The zero-order chi connectivity index (χ0) is 16.0. The van der Waals surface area contributed by atoms with Crippen molar-refractivity contribution >= 4 is 27.3 Å². The van der Waals surface area contributed by atoms with Crippen LogP contribution in [0.25, 0.3) is 0 Å². The third-order valence-electron chi connectivity index (χ3n) is 2.31. The summed E-state index contributed by atoms with van der Waals surface area (Å²) in [6, 6.07) is 7.30. The van der Waals surface area contributed by atoms with Crippen molar-refractivity contribution in [2.24, 2.45) is 0 Å². The first-order valence-corrected chi connectivity index (χ1v) is 6.01. The number of halogens is 1. The van der Waals surface area contributed by atoms with Crippen molar-refractivity contribution in [2.45, 2.75) is 0 Å². The van der Waals surface area contributed by atoms with Crippen LogP contribution in [0.5, 0.6) is 5.75 Å². The SMILES string of the molecule is COc1cc(Br)c(NC(C#N)=C(C#N)C#N)c([N+](=O)[O-])c1. The topological polar surface area (TPSA) is 136 Å². The molecule has 0 aliphatic rings. The van der Waals surface area contributed by atoms with Crippen LogP contribution in [-0.4, -0.2) is 12.0 Å². The Hall–Kier alpha value is -3.09. The lowest BCUT2D eigenvalue weighted by Gasteiger charge is -2.09. The highest BCUT2D eigenvalue weighted by Gasteiger charge is 2.21. The molecule has 1 aromatic rings. The normalized spacial score (nSPS) is 8.71. The van der Waals surface area contributed by atoms with Crippen molar-refractivity contribution in [2.75, 3.05) is 12.4 Å². The predicted molar refractivity (Wildman–Crippen MR) is 74.8 cm³/mol. The average molecular weight is 348 g/mol. The number of nitriles is 3. The number of nitro groups is 1. The van der Waals surface area contributed by atoms with Gasteiger partial charge in [0.25, 0.3) is 5.69 Å². The van der Waals surface area contributed by atoms with Crippen LogP contribution in [0.15, 0.2) is 27.9 Å². The minimum absolute atomic E-state index is 0.0552. The van der Waals surface area contributed by atoms with Crippen molar-refractivity contribution < 1.29 is 9.66 Å². The number of benzene rings is 1. The van der Waals surface area contributed by atoms with Gasteiger partial charge in [-0.15, -0.1) is 0 Å². The molecule has 0 saturated heterocycles. The van der Waals surface area contributed by atoms with Crippen molar-refractivity contribution in [1.82, 2.24) is 0 Å². The van der Waals surface area contributed by atoms with E-state index in [1.54, 1.807) is 6.07 Å². The first-order chi connectivity index (χ1) is 9.98. The highest BCUT2D eigenvalue weighted by molar-refractivity contribution is 9.10. The van der Waals surface area contributed by atoms with Gasteiger partial charge in [0.15, 0.2) is 5.57 Å². The molecule has 0 spiro atoms. The summed E-state index contributed by atoms with van der Waals surface area (Å²) in [5, 5.41) is 40.0. The van der Waals surface area contributed by atoms with E-state index >= 15 is 0 Å². The maximum Gasteiger partial charge on any atom is 0.297 e. The van der Waals surface area contributed by atoms with E-state index in [2.05, 4.69) is 21.2 Å². The molecule has 9 heteroatoms. The molecule has 0 radical (unpaired) electrons.